The highest BCUT2D eigenvalue weighted by Crippen LogP contribution is 2.25. The van der Waals surface area contributed by atoms with E-state index in [2.05, 4.69) is 41.3 Å². The van der Waals surface area contributed by atoms with Gasteiger partial charge in [0.15, 0.2) is 0 Å². The molecule has 2 aliphatic rings. The molecule has 13 heavy (non-hydrogen) atoms. The van der Waals surface area contributed by atoms with Crippen LogP contribution in [-0.4, -0.2) is 23.9 Å². The number of likely N-dealkylation sites (N-methyl/N-ethyl adjacent to an activating group) is 1. The fourth-order valence-corrected chi connectivity index (χ4v) is 1.80. The second-order valence-corrected chi connectivity index (χ2v) is 3.37. The first-order valence-corrected chi connectivity index (χ1v) is 4.73. The van der Waals surface area contributed by atoms with Crippen molar-refractivity contribution in [2.75, 3.05) is 6.54 Å². The van der Waals surface area contributed by atoms with E-state index in [0.29, 0.717) is 0 Å². The molecular formula is C10H15N3. The highest BCUT2D eigenvalue weighted by molar-refractivity contribution is 5.61. The second kappa shape index (κ2) is 3.24. The molecule has 0 saturated carbocycles. The van der Waals surface area contributed by atoms with Crippen molar-refractivity contribution < 1.29 is 0 Å². The maximum Gasteiger partial charge on any atom is 0.146 e. The molecule has 0 fully saturated rings. The summed E-state index contributed by atoms with van der Waals surface area (Å²) in [6.45, 7) is 5.27. The fourth-order valence-electron chi connectivity index (χ4n) is 1.80. The van der Waals surface area contributed by atoms with E-state index in [1.54, 1.807) is 6.34 Å². The number of allylic oxidation sites excluding steroid dienone is 2. The third-order valence-corrected chi connectivity index (χ3v) is 2.60. The van der Waals surface area contributed by atoms with E-state index >= 15 is 0 Å². The summed E-state index contributed by atoms with van der Waals surface area (Å²) < 4.78 is 0. The summed E-state index contributed by atoms with van der Waals surface area (Å²) in [6, 6.07) is 0. The van der Waals surface area contributed by atoms with Gasteiger partial charge >= 0.3 is 0 Å². The molecule has 1 N–H and O–H groups in total. The van der Waals surface area contributed by atoms with Crippen LogP contribution in [0.25, 0.3) is 0 Å². The van der Waals surface area contributed by atoms with Gasteiger partial charge in [-0.3, -0.25) is 0 Å². The number of nitrogens with zero attached hydrogens (tertiary/aromatic N) is 2. The van der Waals surface area contributed by atoms with Crippen LogP contribution in [-0.2, 0) is 0 Å². The van der Waals surface area contributed by atoms with Crippen molar-refractivity contribution in [1.29, 1.82) is 0 Å². The lowest BCUT2D eigenvalue weighted by molar-refractivity contribution is 0.313. The number of rotatable bonds is 1. The topological polar surface area (TPSA) is 27.6 Å². The largest absolute Gasteiger partial charge is 0.353 e. The van der Waals surface area contributed by atoms with E-state index in [1.165, 1.54) is 11.3 Å². The highest BCUT2D eigenvalue weighted by atomic mass is 15.3. The Hall–Kier alpha value is -1.25. The fraction of sp³-hybridized carbons (Fsp3) is 0.500. The molecule has 0 saturated heterocycles. The molecule has 1 unspecified atom stereocenters. The Morgan fingerprint density at radius 2 is 2.54 bits per heavy atom. The van der Waals surface area contributed by atoms with Gasteiger partial charge in [-0.2, -0.15) is 0 Å². The lowest BCUT2D eigenvalue weighted by atomic mass is 10.0. The first-order chi connectivity index (χ1) is 6.33. The molecule has 0 radical (unpaired) electrons. The number of fused-ring (bicyclic) bond motifs is 1. The molecule has 0 aliphatic carbocycles. The second-order valence-electron chi connectivity index (χ2n) is 3.37. The van der Waals surface area contributed by atoms with Crippen molar-refractivity contribution in [3.8, 4) is 0 Å². The van der Waals surface area contributed by atoms with Gasteiger partial charge in [0.1, 0.15) is 6.17 Å². The third-order valence-electron chi connectivity index (χ3n) is 2.60. The predicted octanol–water partition coefficient (Wildman–Crippen LogP) is 1.46. The Labute approximate surface area is 78.8 Å². The van der Waals surface area contributed by atoms with Gasteiger partial charge in [0.2, 0.25) is 0 Å². The molecule has 2 heterocycles. The van der Waals surface area contributed by atoms with Crippen molar-refractivity contribution in [3.05, 3.63) is 23.5 Å². The van der Waals surface area contributed by atoms with Crippen LogP contribution in [0.4, 0.5) is 0 Å². The zero-order chi connectivity index (χ0) is 9.26. The molecular weight excluding hydrogens is 162 g/mol. The lowest BCUT2D eigenvalue weighted by Gasteiger charge is -2.34. The van der Waals surface area contributed by atoms with Crippen molar-refractivity contribution in [2.24, 2.45) is 4.99 Å². The average Bonchev–Trinajstić information content (AvgIpc) is 2.18. The molecule has 0 amide bonds. The summed E-state index contributed by atoms with van der Waals surface area (Å²) in [5.41, 5.74) is 2.65. The molecule has 0 aromatic carbocycles. The summed E-state index contributed by atoms with van der Waals surface area (Å²) >= 11 is 0. The Morgan fingerprint density at radius 1 is 1.69 bits per heavy atom. The zero-order valence-corrected chi connectivity index (χ0v) is 8.12. The van der Waals surface area contributed by atoms with E-state index < -0.39 is 0 Å². The van der Waals surface area contributed by atoms with E-state index in [4.69, 9.17) is 0 Å². The summed E-state index contributed by atoms with van der Waals surface area (Å²) in [5.74, 6) is 0. The minimum Gasteiger partial charge on any atom is -0.353 e. The molecule has 0 aromatic rings. The Kier molecular flexibility index (Phi) is 2.08. The lowest BCUT2D eigenvalue weighted by Crippen LogP contribution is -2.38. The summed E-state index contributed by atoms with van der Waals surface area (Å²) in [7, 11) is 0. The first-order valence-electron chi connectivity index (χ1n) is 4.73. The zero-order valence-electron chi connectivity index (χ0n) is 8.12. The van der Waals surface area contributed by atoms with Gasteiger partial charge in [0.25, 0.3) is 0 Å². The van der Waals surface area contributed by atoms with Gasteiger partial charge in [0.05, 0.1) is 6.34 Å². The Balaban J connectivity index is 2.31. The van der Waals surface area contributed by atoms with Crippen LogP contribution in [0, 0.1) is 0 Å². The van der Waals surface area contributed by atoms with Gasteiger partial charge in [-0.25, -0.2) is 4.99 Å². The SMILES string of the molecule is CCN1C=CCC2=C(C)NC=NC21. The average molecular weight is 177 g/mol. The normalized spacial score (nSPS) is 26.0. The monoisotopic (exact) mass is 177 g/mol. The van der Waals surface area contributed by atoms with Crippen molar-refractivity contribution in [1.82, 2.24) is 10.2 Å². The predicted molar refractivity (Wildman–Crippen MR) is 54.3 cm³/mol. The third kappa shape index (κ3) is 1.34. The van der Waals surface area contributed by atoms with Gasteiger partial charge in [-0.05, 0) is 32.0 Å². The molecule has 0 aromatic heterocycles. The summed E-state index contributed by atoms with van der Waals surface area (Å²) in [6.07, 6.45) is 7.41. The number of nitrogens with one attached hydrogen (secondary N) is 1. The number of hydrogen-bond acceptors (Lipinski definition) is 3. The molecule has 0 bridgehead atoms. The van der Waals surface area contributed by atoms with Crippen LogP contribution < -0.4 is 5.32 Å². The van der Waals surface area contributed by atoms with Gasteiger partial charge in [-0.1, -0.05) is 6.08 Å². The van der Waals surface area contributed by atoms with E-state index in [-0.39, 0.29) is 6.17 Å². The molecule has 70 valence electrons. The molecule has 3 heteroatoms. The Bertz CT molecular complexity index is 289. The van der Waals surface area contributed by atoms with Crippen molar-refractivity contribution >= 4 is 6.34 Å². The highest BCUT2D eigenvalue weighted by Gasteiger charge is 2.23. The summed E-state index contributed by atoms with van der Waals surface area (Å²) in [4.78, 5) is 6.68. The summed E-state index contributed by atoms with van der Waals surface area (Å²) in [5, 5.41) is 3.15. The van der Waals surface area contributed by atoms with Crippen LogP contribution in [0.3, 0.4) is 0 Å². The molecule has 0 spiro atoms. The smallest absolute Gasteiger partial charge is 0.146 e. The standard InChI is InChI=1S/C10H15N3/c1-3-13-6-4-5-9-8(2)11-7-12-10(9)13/h4,6-7,10H,3,5H2,1-2H3,(H,11,12). The minimum atomic E-state index is 0.247. The number of hydrogen-bond donors (Lipinski definition) is 1. The molecule has 3 nitrogen and oxygen atoms in total. The van der Waals surface area contributed by atoms with Crippen LogP contribution in [0.1, 0.15) is 20.3 Å². The minimum absolute atomic E-state index is 0.247. The maximum atomic E-state index is 4.43. The van der Waals surface area contributed by atoms with Crippen molar-refractivity contribution in [3.63, 3.8) is 0 Å². The van der Waals surface area contributed by atoms with E-state index in [1.807, 2.05) is 0 Å². The van der Waals surface area contributed by atoms with E-state index in [0.717, 1.165) is 13.0 Å². The van der Waals surface area contributed by atoms with Crippen LogP contribution >= 0.6 is 0 Å². The van der Waals surface area contributed by atoms with Gasteiger partial charge < -0.3 is 10.2 Å². The quantitative estimate of drug-likeness (QED) is 0.656. The molecule has 1 atom stereocenters. The Morgan fingerprint density at radius 3 is 3.31 bits per heavy atom. The van der Waals surface area contributed by atoms with Crippen LogP contribution in [0.2, 0.25) is 0 Å². The number of aliphatic imine (C=N–C) groups is 1. The van der Waals surface area contributed by atoms with Crippen LogP contribution in [0.5, 0.6) is 0 Å². The maximum absolute atomic E-state index is 4.43. The molecule has 2 rings (SSSR count). The van der Waals surface area contributed by atoms with Crippen molar-refractivity contribution in [2.45, 2.75) is 26.4 Å². The van der Waals surface area contributed by atoms with Gasteiger partial charge in [-0.15, -0.1) is 0 Å². The van der Waals surface area contributed by atoms with E-state index in [9.17, 15) is 0 Å². The van der Waals surface area contributed by atoms with Crippen LogP contribution in [0.15, 0.2) is 28.5 Å². The van der Waals surface area contributed by atoms with Gasteiger partial charge in [0, 0.05) is 12.2 Å². The molecule has 2 aliphatic heterocycles. The first kappa shape index (κ1) is 8.35.